The fourth-order valence-corrected chi connectivity index (χ4v) is 3.49. The molecule has 4 heteroatoms. The molecule has 1 aliphatic heterocycles. The molecule has 0 fully saturated rings. The van der Waals surface area contributed by atoms with Crippen molar-refractivity contribution < 1.29 is 9.65 Å². The molecule has 1 heterocycles. The number of hydrogen-bond acceptors (Lipinski definition) is 3. The lowest BCUT2D eigenvalue weighted by molar-refractivity contribution is -0.990. The first kappa shape index (κ1) is 23.3. The first-order valence-electron chi connectivity index (χ1n) is 11.2. The van der Waals surface area contributed by atoms with Crippen molar-refractivity contribution in [1.29, 1.82) is 0 Å². The fourth-order valence-electron chi connectivity index (χ4n) is 3.49. The third kappa shape index (κ3) is 10.4. The average Bonchev–Trinajstić information content (AvgIpc) is 2.99. The number of amidine groups is 1. The fraction of sp³-hybridized carbons (Fsp3) is 0.864. The molecule has 0 aromatic heterocycles. The van der Waals surface area contributed by atoms with E-state index in [1.54, 1.807) is 0 Å². The Kier molecular flexibility index (Phi) is 13.8. The minimum atomic E-state index is -0.703. The summed E-state index contributed by atoms with van der Waals surface area (Å²) in [7, 11) is 0. The van der Waals surface area contributed by atoms with Crippen LogP contribution in [0.3, 0.4) is 0 Å². The van der Waals surface area contributed by atoms with Gasteiger partial charge in [-0.3, -0.25) is 0 Å². The molecule has 0 saturated carbocycles. The third-order valence-corrected chi connectivity index (χ3v) is 5.10. The molecule has 0 aromatic carbocycles. The average molecular weight is 367 g/mol. The van der Waals surface area contributed by atoms with E-state index >= 15 is 0 Å². The van der Waals surface area contributed by atoms with E-state index in [1.807, 2.05) is 13.0 Å². The highest BCUT2D eigenvalue weighted by atomic mass is 16.9. The molecule has 1 rings (SSSR count). The zero-order chi connectivity index (χ0) is 18.9. The first-order chi connectivity index (χ1) is 12.7. The number of nitrogens with zero attached hydrogens (tertiary/aromatic N) is 2. The van der Waals surface area contributed by atoms with E-state index in [1.165, 1.54) is 83.5 Å². The van der Waals surface area contributed by atoms with E-state index in [2.05, 4.69) is 18.0 Å². The highest BCUT2D eigenvalue weighted by Crippen LogP contribution is 2.16. The lowest BCUT2D eigenvalue weighted by Crippen LogP contribution is -2.44. The predicted molar refractivity (Wildman–Crippen MR) is 112 cm³/mol. The number of rotatable bonds is 17. The van der Waals surface area contributed by atoms with E-state index < -0.39 is 4.81 Å². The van der Waals surface area contributed by atoms with Gasteiger partial charge >= 0.3 is 0 Å². The molecule has 4 nitrogen and oxygen atoms in total. The number of quaternary nitrogens is 1. The lowest BCUT2D eigenvalue weighted by atomic mass is 10.0. The Balaban J connectivity index is 1.89. The molecule has 0 N–H and O–H groups in total. The zero-order valence-electron chi connectivity index (χ0n) is 17.4. The van der Waals surface area contributed by atoms with Crippen LogP contribution in [0.15, 0.2) is 17.1 Å². The maximum Gasteiger partial charge on any atom is 0.256 e. The van der Waals surface area contributed by atoms with Gasteiger partial charge in [-0.2, -0.15) is 9.65 Å². The SMILES string of the molecule is CCCCCCCCCCCCCCC/C=C/C1=NCC[N+]1([O-])OCC. The third-order valence-electron chi connectivity index (χ3n) is 5.10. The van der Waals surface area contributed by atoms with Gasteiger partial charge in [0.25, 0.3) is 5.84 Å². The van der Waals surface area contributed by atoms with Crippen molar-refractivity contribution in [3.8, 4) is 0 Å². The Morgan fingerprint density at radius 2 is 1.42 bits per heavy atom. The summed E-state index contributed by atoms with van der Waals surface area (Å²) in [6.45, 7) is 5.54. The molecule has 0 aliphatic carbocycles. The Morgan fingerprint density at radius 3 is 1.96 bits per heavy atom. The monoisotopic (exact) mass is 366 g/mol. The maximum absolute atomic E-state index is 12.3. The van der Waals surface area contributed by atoms with E-state index in [0.717, 1.165) is 6.42 Å². The van der Waals surface area contributed by atoms with Crippen molar-refractivity contribution in [2.24, 2.45) is 4.99 Å². The molecule has 1 unspecified atom stereocenters. The second-order valence-corrected chi connectivity index (χ2v) is 7.49. The van der Waals surface area contributed by atoms with Gasteiger partial charge in [0.15, 0.2) is 0 Å². The van der Waals surface area contributed by atoms with Crippen molar-refractivity contribution in [1.82, 2.24) is 0 Å². The van der Waals surface area contributed by atoms with Crippen molar-refractivity contribution in [3.05, 3.63) is 17.4 Å². The Bertz CT molecular complexity index is 396. The van der Waals surface area contributed by atoms with Crippen molar-refractivity contribution in [2.75, 3.05) is 19.7 Å². The quantitative estimate of drug-likeness (QED) is 0.163. The molecule has 1 aliphatic rings. The van der Waals surface area contributed by atoms with E-state index in [-0.39, 0.29) is 0 Å². The number of allylic oxidation sites excluding steroid dienone is 1. The maximum atomic E-state index is 12.3. The summed E-state index contributed by atoms with van der Waals surface area (Å²) < 4.78 is 0. The number of aliphatic imine (C=N–C) groups is 1. The first-order valence-corrected chi connectivity index (χ1v) is 11.2. The number of hydrogen-bond donors (Lipinski definition) is 0. The van der Waals surface area contributed by atoms with E-state index in [0.29, 0.717) is 25.5 Å². The summed E-state index contributed by atoms with van der Waals surface area (Å²) in [5, 5.41) is 12.3. The summed E-state index contributed by atoms with van der Waals surface area (Å²) in [5.74, 6) is 0.529. The second kappa shape index (κ2) is 15.4. The van der Waals surface area contributed by atoms with Gasteiger partial charge in [-0.1, -0.05) is 90.0 Å². The highest BCUT2D eigenvalue weighted by Gasteiger charge is 2.29. The van der Waals surface area contributed by atoms with Crippen molar-refractivity contribution in [3.63, 3.8) is 0 Å². The predicted octanol–water partition coefficient (Wildman–Crippen LogP) is 6.70. The Labute approximate surface area is 161 Å². The van der Waals surface area contributed by atoms with Gasteiger partial charge in [-0.15, -0.1) is 0 Å². The van der Waals surface area contributed by atoms with Crippen LogP contribution in [0, 0.1) is 5.21 Å². The normalized spacial score (nSPS) is 20.2. The molecule has 0 bridgehead atoms. The van der Waals surface area contributed by atoms with Gasteiger partial charge in [-0.05, 0) is 19.8 Å². The zero-order valence-corrected chi connectivity index (χ0v) is 17.4. The molecular weight excluding hydrogens is 324 g/mol. The molecule has 26 heavy (non-hydrogen) atoms. The van der Waals surface area contributed by atoms with Gasteiger partial charge in [0.05, 0.1) is 6.54 Å². The molecule has 0 radical (unpaired) electrons. The minimum Gasteiger partial charge on any atom is -0.592 e. The van der Waals surface area contributed by atoms with Gasteiger partial charge in [0, 0.05) is 6.08 Å². The topological polar surface area (TPSA) is 44.7 Å². The molecule has 152 valence electrons. The summed E-state index contributed by atoms with van der Waals surface area (Å²) in [5.41, 5.74) is 0. The molecule has 0 aromatic rings. The van der Waals surface area contributed by atoms with E-state index in [4.69, 9.17) is 4.84 Å². The van der Waals surface area contributed by atoms with Crippen LogP contribution in [0.2, 0.25) is 0 Å². The van der Waals surface area contributed by atoms with Crippen molar-refractivity contribution >= 4 is 5.84 Å². The van der Waals surface area contributed by atoms with Crippen LogP contribution in [0.5, 0.6) is 0 Å². The molecule has 0 saturated heterocycles. The Hall–Kier alpha value is -0.710. The summed E-state index contributed by atoms with van der Waals surface area (Å²) in [4.78, 5) is 8.85. The number of hydroxylamine groups is 4. The lowest BCUT2D eigenvalue weighted by Gasteiger charge is -2.33. The van der Waals surface area contributed by atoms with Gasteiger partial charge < -0.3 is 5.21 Å². The van der Waals surface area contributed by atoms with Crippen LogP contribution in [0.25, 0.3) is 0 Å². The van der Waals surface area contributed by atoms with Crippen LogP contribution < -0.4 is 0 Å². The standard InChI is InChI=1S/C22H42N2O2/c1-3-5-6-7-8-9-10-11-12-13-14-15-16-17-18-19-22-23-20-21-24(22,25)26-4-2/h18-19H,3-17,20-21H2,1-2H3/b19-18+. The second-order valence-electron chi connectivity index (χ2n) is 7.49. The highest BCUT2D eigenvalue weighted by molar-refractivity contribution is 5.87. The molecular formula is C22H42N2O2. The van der Waals surface area contributed by atoms with Crippen LogP contribution in [-0.2, 0) is 4.84 Å². The van der Waals surface area contributed by atoms with Crippen molar-refractivity contribution in [2.45, 2.75) is 104 Å². The summed E-state index contributed by atoms with van der Waals surface area (Å²) >= 11 is 0. The van der Waals surface area contributed by atoms with Crippen LogP contribution in [0.4, 0.5) is 0 Å². The van der Waals surface area contributed by atoms with Gasteiger partial charge in [0.2, 0.25) is 0 Å². The van der Waals surface area contributed by atoms with E-state index in [9.17, 15) is 5.21 Å². The summed E-state index contributed by atoms with van der Waals surface area (Å²) in [6.07, 6.45) is 22.9. The van der Waals surface area contributed by atoms with Crippen LogP contribution >= 0.6 is 0 Å². The number of unbranched alkanes of at least 4 members (excludes halogenated alkanes) is 13. The largest absolute Gasteiger partial charge is 0.592 e. The van der Waals surface area contributed by atoms with Crippen LogP contribution in [-0.4, -0.2) is 30.3 Å². The Morgan fingerprint density at radius 1 is 0.885 bits per heavy atom. The summed E-state index contributed by atoms with van der Waals surface area (Å²) in [6, 6.07) is 0. The van der Waals surface area contributed by atoms with Gasteiger partial charge in [0.1, 0.15) is 13.2 Å². The minimum absolute atomic E-state index is 0.409. The molecule has 1 atom stereocenters. The molecule has 0 spiro atoms. The smallest absolute Gasteiger partial charge is 0.256 e. The van der Waals surface area contributed by atoms with Gasteiger partial charge in [-0.25, -0.2) is 4.99 Å². The van der Waals surface area contributed by atoms with Crippen LogP contribution in [0.1, 0.15) is 104 Å². The molecule has 0 amide bonds.